The van der Waals surface area contributed by atoms with Gasteiger partial charge in [-0.3, -0.25) is 0 Å². The number of rotatable bonds is 7. The fourth-order valence-electron chi connectivity index (χ4n) is 3.52. The summed E-state index contributed by atoms with van der Waals surface area (Å²) in [5.74, 6) is -0.0112. The van der Waals surface area contributed by atoms with E-state index in [2.05, 4.69) is 61.5 Å². The second kappa shape index (κ2) is 7.41. The van der Waals surface area contributed by atoms with Crippen molar-refractivity contribution in [3.8, 4) is 0 Å². The zero-order valence-corrected chi connectivity index (χ0v) is 13.8. The Hall–Kier alpha value is -2.15. The summed E-state index contributed by atoms with van der Waals surface area (Å²) in [7, 11) is 0. The van der Waals surface area contributed by atoms with Crippen LogP contribution in [0.4, 0.5) is 0 Å². The van der Waals surface area contributed by atoms with Gasteiger partial charge >= 0.3 is 0 Å². The molecule has 23 heavy (non-hydrogen) atoms. The number of hydrogen-bond donors (Lipinski definition) is 0. The highest BCUT2D eigenvalue weighted by Crippen LogP contribution is 2.35. The molecule has 118 valence electrons. The van der Waals surface area contributed by atoms with Gasteiger partial charge in [0.1, 0.15) is 6.29 Å². The average molecular weight is 304 g/mol. The number of unbranched alkanes of at least 4 members (excludes halogenated alkanes) is 3. The SMILES string of the molecule is CCCCCCC(C=O)c1c2ccccc2cc2ccccc12. The molecular weight excluding hydrogens is 280 g/mol. The lowest BCUT2D eigenvalue weighted by molar-refractivity contribution is -0.109. The van der Waals surface area contributed by atoms with Crippen LogP contribution < -0.4 is 0 Å². The Labute approximate surface area is 138 Å². The minimum atomic E-state index is -0.0112. The van der Waals surface area contributed by atoms with Crippen molar-refractivity contribution in [3.63, 3.8) is 0 Å². The first kappa shape index (κ1) is 15.7. The monoisotopic (exact) mass is 304 g/mol. The van der Waals surface area contributed by atoms with Crippen molar-refractivity contribution in [1.82, 2.24) is 0 Å². The van der Waals surface area contributed by atoms with Gasteiger partial charge in [0.15, 0.2) is 0 Å². The van der Waals surface area contributed by atoms with Gasteiger partial charge in [-0.25, -0.2) is 0 Å². The van der Waals surface area contributed by atoms with Crippen LogP contribution in [0.1, 0.15) is 50.5 Å². The van der Waals surface area contributed by atoms with Crippen LogP contribution >= 0.6 is 0 Å². The molecule has 0 aliphatic carbocycles. The Morgan fingerprint density at radius 2 is 1.48 bits per heavy atom. The van der Waals surface area contributed by atoms with Crippen molar-refractivity contribution >= 4 is 27.8 Å². The first-order chi connectivity index (χ1) is 11.3. The molecule has 0 N–H and O–H groups in total. The molecule has 0 spiro atoms. The second-order valence-electron chi connectivity index (χ2n) is 6.32. The molecule has 0 heterocycles. The molecule has 0 amide bonds. The van der Waals surface area contributed by atoms with Gasteiger partial charge in [-0.15, -0.1) is 0 Å². The van der Waals surface area contributed by atoms with Crippen LogP contribution in [-0.2, 0) is 4.79 Å². The molecule has 0 radical (unpaired) electrons. The summed E-state index contributed by atoms with van der Waals surface area (Å²) in [6, 6.07) is 19.1. The van der Waals surface area contributed by atoms with Crippen molar-refractivity contribution in [1.29, 1.82) is 0 Å². The zero-order chi connectivity index (χ0) is 16.1. The van der Waals surface area contributed by atoms with Crippen LogP contribution in [0.5, 0.6) is 0 Å². The van der Waals surface area contributed by atoms with E-state index in [0.29, 0.717) is 0 Å². The lowest BCUT2D eigenvalue weighted by atomic mass is 9.86. The molecule has 1 atom stereocenters. The maximum atomic E-state index is 11.9. The summed E-state index contributed by atoms with van der Waals surface area (Å²) >= 11 is 0. The van der Waals surface area contributed by atoms with Gasteiger partial charge in [0.25, 0.3) is 0 Å². The minimum absolute atomic E-state index is 0.0112. The van der Waals surface area contributed by atoms with Crippen LogP contribution in [0.15, 0.2) is 54.6 Å². The molecule has 0 aliphatic heterocycles. The molecule has 0 bridgehead atoms. The van der Waals surface area contributed by atoms with E-state index in [9.17, 15) is 4.79 Å². The Morgan fingerprint density at radius 3 is 2.04 bits per heavy atom. The van der Waals surface area contributed by atoms with Gasteiger partial charge < -0.3 is 4.79 Å². The third-order valence-electron chi connectivity index (χ3n) is 4.72. The molecular formula is C22H24O. The molecule has 1 heteroatoms. The molecule has 0 saturated carbocycles. The lowest BCUT2D eigenvalue weighted by Gasteiger charge is -2.17. The van der Waals surface area contributed by atoms with E-state index in [-0.39, 0.29) is 5.92 Å². The highest BCUT2D eigenvalue weighted by Gasteiger charge is 2.17. The number of benzene rings is 3. The van der Waals surface area contributed by atoms with E-state index in [1.54, 1.807) is 0 Å². The molecule has 0 fully saturated rings. The zero-order valence-electron chi connectivity index (χ0n) is 13.8. The van der Waals surface area contributed by atoms with Crippen LogP contribution in [0.3, 0.4) is 0 Å². The van der Waals surface area contributed by atoms with Crippen LogP contribution in [0.2, 0.25) is 0 Å². The number of carbonyl (C=O) groups is 1. The van der Waals surface area contributed by atoms with E-state index in [1.165, 1.54) is 46.4 Å². The number of fused-ring (bicyclic) bond motifs is 2. The number of carbonyl (C=O) groups excluding carboxylic acids is 1. The summed E-state index contributed by atoms with van der Waals surface area (Å²) in [4.78, 5) is 11.9. The van der Waals surface area contributed by atoms with E-state index in [0.717, 1.165) is 19.1 Å². The predicted octanol–water partition coefficient (Wildman–Crippen LogP) is 6.25. The smallest absolute Gasteiger partial charge is 0.127 e. The van der Waals surface area contributed by atoms with Crippen LogP contribution in [-0.4, -0.2) is 6.29 Å². The van der Waals surface area contributed by atoms with E-state index in [1.807, 2.05) is 0 Å². The molecule has 3 aromatic rings. The molecule has 1 unspecified atom stereocenters. The van der Waals surface area contributed by atoms with Crippen molar-refractivity contribution in [3.05, 3.63) is 60.2 Å². The largest absolute Gasteiger partial charge is 0.303 e. The average Bonchev–Trinajstić information content (AvgIpc) is 2.60. The van der Waals surface area contributed by atoms with Gasteiger partial charge in [0, 0.05) is 5.92 Å². The molecule has 0 aliphatic rings. The maximum absolute atomic E-state index is 11.9. The summed E-state index contributed by atoms with van der Waals surface area (Å²) in [6.45, 7) is 2.22. The number of hydrogen-bond acceptors (Lipinski definition) is 1. The van der Waals surface area contributed by atoms with Gasteiger partial charge in [-0.1, -0.05) is 81.1 Å². The summed E-state index contributed by atoms with van der Waals surface area (Å²) < 4.78 is 0. The third kappa shape index (κ3) is 3.29. The molecule has 3 aromatic carbocycles. The second-order valence-corrected chi connectivity index (χ2v) is 6.32. The first-order valence-electron chi connectivity index (χ1n) is 8.71. The van der Waals surface area contributed by atoms with Gasteiger partial charge in [0.2, 0.25) is 0 Å². The molecule has 0 saturated heterocycles. The van der Waals surface area contributed by atoms with Crippen molar-refractivity contribution in [2.24, 2.45) is 0 Å². The quantitative estimate of drug-likeness (QED) is 0.286. The van der Waals surface area contributed by atoms with Gasteiger partial charge in [-0.2, -0.15) is 0 Å². The standard InChI is InChI=1S/C22H24O/c1-2-3-4-5-12-19(16-23)22-20-13-8-6-10-17(20)15-18-11-7-9-14-21(18)22/h6-11,13-16,19H,2-5,12H2,1H3. The Bertz CT molecular complexity index is 749. The number of aldehydes is 1. The molecule has 3 rings (SSSR count). The Kier molecular flexibility index (Phi) is 5.07. The van der Waals surface area contributed by atoms with E-state index >= 15 is 0 Å². The van der Waals surface area contributed by atoms with Crippen LogP contribution in [0, 0.1) is 0 Å². The predicted molar refractivity (Wildman–Crippen MR) is 99.0 cm³/mol. The highest BCUT2D eigenvalue weighted by molar-refractivity contribution is 6.04. The highest BCUT2D eigenvalue weighted by atomic mass is 16.1. The van der Waals surface area contributed by atoms with Gasteiger partial charge in [0.05, 0.1) is 0 Å². The van der Waals surface area contributed by atoms with Gasteiger partial charge in [-0.05, 0) is 39.6 Å². The molecule has 0 aromatic heterocycles. The van der Waals surface area contributed by atoms with Crippen molar-refractivity contribution in [2.45, 2.75) is 44.9 Å². The Morgan fingerprint density at radius 1 is 0.870 bits per heavy atom. The minimum Gasteiger partial charge on any atom is -0.303 e. The maximum Gasteiger partial charge on any atom is 0.127 e. The topological polar surface area (TPSA) is 17.1 Å². The summed E-state index contributed by atoms with van der Waals surface area (Å²) in [5.41, 5.74) is 1.21. The normalized spacial score (nSPS) is 12.6. The lowest BCUT2D eigenvalue weighted by Crippen LogP contribution is -2.03. The van der Waals surface area contributed by atoms with E-state index < -0.39 is 0 Å². The third-order valence-corrected chi connectivity index (χ3v) is 4.72. The van der Waals surface area contributed by atoms with Crippen molar-refractivity contribution in [2.75, 3.05) is 0 Å². The fourth-order valence-corrected chi connectivity index (χ4v) is 3.52. The van der Waals surface area contributed by atoms with Crippen LogP contribution in [0.25, 0.3) is 21.5 Å². The molecule has 1 nitrogen and oxygen atoms in total. The fraction of sp³-hybridized carbons (Fsp3) is 0.318. The van der Waals surface area contributed by atoms with Crippen molar-refractivity contribution < 1.29 is 4.79 Å². The van der Waals surface area contributed by atoms with E-state index in [4.69, 9.17) is 0 Å². The first-order valence-corrected chi connectivity index (χ1v) is 8.71. The summed E-state index contributed by atoms with van der Waals surface area (Å²) in [5, 5.41) is 4.89. The Balaban J connectivity index is 2.09. The summed E-state index contributed by atoms with van der Waals surface area (Å²) in [6.07, 6.45) is 6.91.